The zero-order chi connectivity index (χ0) is 12.5. The van der Waals surface area contributed by atoms with Crippen molar-refractivity contribution < 1.29 is 51.5 Å². The largest absolute Gasteiger partial charge is 2.00 e. The van der Waals surface area contributed by atoms with E-state index < -0.39 is 5.97 Å². The van der Waals surface area contributed by atoms with Crippen molar-refractivity contribution in [3.05, 3.63) is 0 Å². The summed E-state index contributed by atoms with van der Waals surface area (Å²) in [6.45, 7) is 2.60. The van der Waals surface area contributed by atoms with Gasteiger partial charge in [0, 0.05) is 0 Å². The van der Waals surface area contributed by atoms with Crippen LogP contribution in [0.25, 0.3) is 0 Å². The summed E-state index contributed by atoms with van der Waals surface area (Å²) >= 11 is 0. The van der Waals surface area contributed by atoms with E-state index in [0.717, 1.165) is 39.0 Å². The zero-order valence-corrected chi connectivity index (χ0v) is 12.8. The van der Waals surface area contributed by atoms with E-state index in [2.05, 4.69) is 5.73 Å². The Hall–Kier alpha value is 0.356. The second-order valence-corrected chi connectivity index (χ2v) is 2.46. The number of carboxylic acids is 1. The molecule has 117 valence electrons. The molecule has 0 aromatic rings. The van der Waals surface area contributed by atoms with Crippen LogP contribution in [0.3, 0.4) is 0 Å². The van der Waals surface area contributed by atoms with E-state index in [0.29, 0.717) is 0 Å². The van der Waals surface area contributed by atoms with Crippen LogP contribution >= 0.6 is 0 Å². The molecule has 18 heavy (non-hydrogen) atoms. The average molecular weight is 353 g/mol. The van der Waals surface area contributed by atoms with Gasteiger partial charge < -0.3 is 58.6 Å². The van der Waals surface area contributed by atoms with E-state index in [9.17, 15) is 4.79 Å². The number of hydrogen-bond acceptors (Lipinski definition) is 6. The Morgan fingerprint density at radius 2 is 0.944 bits per heavy atom. The first-order valence-corrected chi connectivity index (χ1v) is 4.82. The molecule has 0 amide bonds. The molecule has 10 heteroatoms. The molecule has 0 aromatic carbocycles. The minimum Gasteiger partial charge on any atom is -1.00 e. The van der Waals surface area contributed by atoms with Gasteiger partial charge >= 0.3 is 22.7 Å². The van der Waals surface area contributed by atoms with Crippen LogP contribution in [0, 0.1) is 0 Å². The molecule has 0 heterocycles. The van der Waals surface area contributed by atoms with Crippen LogP contribution in [0.2, 0.25) is 0 Å². The third-order valence-electron chi connectivity index (χ3n) is 0.991. The SMILES string of the molecule is NCC(=O)O.NCCCN.NCCCN.[Cl-].[Cl-].[Co+2]. The van der Waals surface area contributed by atoms with Gasteiger partial charge in [0.25, 0.3) is 0 Å². The fourth-order valence-electron chi connectivity index (χ4n) is 0.236. The van der Waals surface area contributed by atoms with Crippen LogP contribution in [0.15, 0.2) is 0 Å². The van der Waals surface area contributed by atoms with Crippen LogP contribution < -0.4 is 53.5 Å². The van der Waals surface area contributed by atoms with E-state index in [1.165, 1.54) is 0 Å². The first-order chi connectivity index (χ1) is 7.10. The topological polar surface area (TPSA) is 167 Å². The third kappa shape index (κ3) is 95.5. The quantitative estimate of drug-likeness (QED) is 0.285. The molecule has 0 saturated heterocycles. The Morgan fingerprint density at radius 3 is 0.944 bits per heavy atom. The van der Waals surface area contributed by atoms with Gasteiger partial charge in [-0.3, -0.25) is 4.79 Å². The van der Waals surface area contributed by atoms with Gasteiger partial charge in [-0.05, 0) is 39.0 Å². The molecule has 0 atom stereocenters. The molecule has 11 N–H and O–H groups in total. The monoisotopic (exact) mass is 352 g/mol. The summed E-state index contributed by atoms with van der Waals surface area (Å²) in [6.07, 6.45) is 1.89. The predicted octanol–water partition coefficient (Wildman–Crippen LogP) is -8.38. The van der Waals surface area contributed by atoms with E-state index >= 15 is 0 Å². The van der Waals surface area contributed by atoms with Crippen molar-refractivity contribution in [3.63, 3.8) is 0 Å². The van der Waals surface area contributed by atoms with Gasteiger partial charge in [0.05, 0.1) is 6.54 Å². The van der Waals surface area contributed by atoms with E-state index in [1.807, 2.05) is 0 Å². The van der Waals surface area contributed by atoms with Crippen molar-refractivity contribution >= 4 is 5.97 Å². The molecular formula is C8H25Cl2CoN5O2. The second kappa shape index (κ2) is 43.3. The van der Waals surface area contributed by atoms with Crippen molar-refractivity contribution in [3.8, 4) is 0 Å². The first kappa shape index (κ1) is 36.2. The number of aliphatic carboxylic acids is 1. The number of carbonyl (C=O) groups is 1. The molecule has 0 rings (SSSR count). The van der Waals surface area contributed by atoms with Gasteiger partial charge in [0.2, 0.25) is 0 Å². The van der Waals surface area contributed by atoms with Crippen molar-refractivity contribution in [1.82, 2.24) is 0 Å². The Bertz CT molecular complexity index is 118. The normalized spacial score (nSPS) is 6.72. The van der Waals surface area contributed by atoms with Crippen molar-refractivity contribution in [2.75, 3.05) is 32.7 Å². The number of carboxylic acid groups (broad SMARTS) is 1. The number of halogens is 2. The fourth-order valence-corrected chi connectivity index (χ4v) is 0.236. The molecule has 0 saturated carbocycles. The van der Waals surface area contributed by atoms with Gasteiger partial charge in [0.15, 0.2) is 0 Å². The fraction of sp³-hybridized carbons (Fsp3) is 0.875. The maximum absolute atomic E-state index is 9.24. The average Bonchev–Trinajstić information content (AvgIpc) is 2.22. The van der Waals surface area contributed by atoms with E-state index in [1.54, 1.807) is 0 Å². The molecule has 0 aliphatic heterocycles. The molecule has 7 nitrogen and oxygen atoms in total. The molecule has 0 bridgehead atoms. The van der Waals surface area contributed by atoms with Crippen LogP contribution in [-0.4, -0.2) is 43.8 Å². The Morgan fingerprint density at radius 1 is 0.778 bits per heavy atom. The van der Waals surface area contributed by atoms with Crippen molar-refractivity contribution in [2.24, 2.45) is 28.7 Å². The van der Waals surface area contributed by atoms with Gasteiger partial charge in [-0.1, -0.05) is 0 Å². The van der Waals surface area contributed by atoms with Crippen LogP contribution in [0.5, 0.6) is 0 Å². The molecule has 1 radical (unpaired) electrons. The summed E-state index contributed by atoms with van der Waals surface area (Å²) in [7, 11) is 0. The van der Waals surface area contributed by atoms with Gasteiger partial charge in [-0.25, -0.2) is 0 Å². The summed E-state index contributed by atoms with van der Waals surface area (Å²) in [5.41, 5.74) is 24.8. The number of nitrogens with two attached hydrogens (primary N) is 5. The van der Waals surface area contributed by atoms with Crippen molar-refractivity contribution in [1.29, 1.82) is 0 Å². The van der Waals surface area contributed by atoms with E-state index in [-0.39, 0.29) is 48.1 Å². The summed E-state index contributed by atoms with van der Waals surface area (Å²) < 4.78 is 0. The molecule has 0 spiro atoms. The summed E-state index contributed by atoms with van der Waals surface area (Å²) in [6, 6.07) is 0. The Balaban J connectivity index is -0.0000000277. The number of hydrogen-bond donors (Lipinski definition) is 6. The minimum absolute atomic E-state index is 0. The Labute approximate surface area is 132 Å². The smallest absolute Gasteiger partial charge is 1.00 e. The first-order valence-electron chi connectivity index (χ1n) is 4.82. The summed E-state index contributed by atoms with van der Waals surface area (Å²) in [5.74, 6) is -0.968. The standard InChI is InChI=1S/2C3H10N2.C2H5NO2.2ClH.Co/c2*4-2-1-3-5;3-1-2(4)5;;;/h2*1-5H2;1,3H2,(H,4,5);2*1H;/q;;;;;+2/p-2. The molecule has 0 aliphatic rings. The number of rotatable bonds is 5. The Kier molecular flexibility index (Phi) is 87.1. The molecule has 0 unspecified atom stereocenters. The summed E-state index contributed by atoms with van der Waals surface area (Å²) in [5, 5.41) is 7.60. The second-order valence-electron chi connectivity index (χ2n) is 2.46. The van der Waals surface area contributed by atoms with Crippen LogP contribution in [0.1, 0.15) is 12.8 Å². The maximum Gasteiger partial charge on any atom is 2.00 e. The molecule has 0 fully saturated rings. The summed E-state index contributed by atoms with van der Waals surface area (Å²) in [4.78, 5) is 9.24. The zero-order valence-electron chi connectivity index (χ0n) is 10.3. The van der Waals surface area contributed by atoms with Gasteiger partial charge in [-0.15, -0.1) is 0 Å². The predicted molar refractivity (Wildman–Crippen MR) is 62.1 cm³/mol. The van der Waals surface area contributed by atoms with Crippen LogP contribution in [0.4, 0.5) is 0 Å². The van der Waals surface area contributed by atoms with Gasteiger partial charge in [-0.2, -0.15) is 0 Å². The molecule has 0 aliphatic carbocycles. The molecule has 0 aromatic heterocycles. The van der Waals surface area contributed by atoms with Crippen molar-refractivity contribution in [2.45, 2.75) is 12.8 Å². The minimum atomic E-state index is -0.968. The third-order valence-corrected chi connectivity index (χ3v) is 0.991. The molecular weight excluding hydrogens is 328 g/mol. The van der Waals surface area contributed by atoms with Crippen LogP contribution in [-0.2, 0) is 21.6 Å². The maximum atomic E-state index is 9.24. The van der Waals surface area contributed by atoms with E-state index in [4.69, 9.17) is 28.0 Å². The van der Waals surface area contributed by atoms with Gasteiger partial charge in [0.1, 0.15) is 0 Å².